The SMILES string of the molecule is COc1ccc(-c2cc3n(n2)CCC(=O)N3Cc2ccc(C(=O)NCCC3=CCCCC3)cc2)cc1. The first kappa shape index (κ1) is 23.9. The molecule has 7 nitrogen and oxygen atoms in total. The first-order valence-corrected chi connectivity index (χ1v) is 12.7. The van der Waals surface area contributed by atoms with Crippen molar-refractivity contribution in [3.05, 3.63) is 77.4 Å². The third-order valence-corrected chi connectivity index (χ3v) is 6.93. The molecule has 1 aromatic heterocycles. The fourth-order valence-electron chi connectivity index (χ4n) is 4.84. The molecule has 2 amide bonds. The molecule has 0 unspecified atom stereocenters. The molecule has 7 heteroatoms. The minimum Gasteiger partial charge on any atom is -0.497 e. The lowest BCUT2D eigenvalue weighted by Crippen LogP contribution is -2.36. The van der Waals surface area contributed by atoms with Crippen molar-refractivity contribution in [2.75, 3.05) is 18.6 Å². The average Bonchev–Trinajstić information content (AvgIpc) is 3.36. The van der Waals surface area contributed by atoms with Crippen LogP contribution in [0.15, 0.2) is 66.2 Å². The highest BCUT2D eigenvalue weighted by atomic mass is 16.5. The maximum atomic E-state index is 12.8. The van der Waals surface area contributed by atoms with Gasteiger partial charge in [0.15, 0.2) is 0 Å². The normalized spacial score (nSPS) is 15.3. The van der Waals surface area contributed by atoms with Gasteiger partial charge in [0, 0.05) is 30.2 Å². The minimum atomic E-state index is -0.0609. The molecule has 186 valence electrons. The number of hydrogen-bond acceptors (Lipinski definition) is 4. The molecule has 2 aromatic carbocycles. The summed E-state index contributed by atoms with van der Waals surface area (Å²) >= 11 is 0. The molecular formula is C29H32N4O3. The number of methoxy groups -OCH3 is 1. The van der Waals surface area contributed by atoms with Crippen molar-refractivity contribution in [3.63, 3.8) is 0 Å². The number of nitrogens with zero attached hydrogens (tertiary/aromatic N) is 3. The zero-order chi connectivity index (χ0) is 24.9. The lowest BCUT2D eigenvalue weighted by molar-refractivity contribution is -0.119. The standard InChI is InChI=1S/C29H32N4O3/c1-36-25-13-11-23(12-14-25)26-19-27-32(28(34)16-18-33(27)31-26)20-22-7-9-24(10-8-22)29(35)30-17-15-21-5-3-2-4-6-21/h5,7-14,19H,2-4,6,15-18,20H2,1H3,(H,30,35). The Labute approximate surface area is 211 Å². The molecule has 0 saturated heterocycles. The minimum absolute atomic E-state index is 0.0609. The molecule has 1 N–H and O–H groups in total. The Bertz CT molecular complexity index is 1260. The van der Waals surface area contributed by atoms with Crippen LogP contribution < -0.4 is 15.0 Å². The lowest BCUT2D eigenvalue weighted by Gasteiger charge is -2.27. The highest BCUT2D eigenvalue weighted by Gasteiger charge is 2.26. The van der Waals surface area contributed by atoms with E-state index in [1.165, 1.54) is 18.4 Å². The van der Waals surface area contributed by atoms with Crippen LogP contribution in [0.2, 0.25) is 0 Å². The van der Waals surface area contributed by atoms with E-state index in [1.54, 1.807) is 12.0 Å². The maximum absolute atomic E-state index is 12.8. The molecule has 0 saturated carbocycles. The predicted octanol–water partition coefficient (Wildman–Crippen LogP) is 5.12. The number of carbonyl (C=O) groups excluding carboxylic acids is 2. The maximum Gasteiger partial charge on any atom is 0.251 e. The van der Waals surface area contributed by atoms with Crippen molar-refractivity contribution < 1.29 is 14.3 Å². The molecule has 5 rings (SSSR count). The van der Waals surface area contributed by atoms with Crippen LogP contribution in [-0.2, 0) is 17.9 Å². The number of nitrogens with one attached hydrogen (secondary N) is 1. The zero-order valence-corrected chi connectivity index (χ0v) is 20.7. The molecule has 0 radical (unpaired) electrons. The molecule has 3 aromatic rings. The van der Waals surface area contributed by atoms with Gasteiger partial charge in [-0.05, 0) is 74.1 Å². The van der Waals surface area contributed by atoms with E-state index >= 15 is 0 Å². The Morgan fingerprint density at radius 2 is 1.86 bits per heavy atom. The van der Waals surface area contributed by atoms with Crippen molar-refractivity contribution in [2.24, 2.45) is 0 Å². The summed E-state index contributed by atoms with van der Waals surface area (Å²) in [6.45, 7) is 1.66. The summed E-state index contributed by atoms with van der Waals surface area (Å²) in [6.07, 6.45) is 8.49. The second-order valence-corrected chi connectivity index (χ2v) is 9.38. The number of carbonyl (C=O) groups is 2. The molecule has 0 atom stereocenters. The van der Waals surface area contributed by atoms with E-state index in [9.17, 15) is 9.59 Å². The third kappa shape index (κ3) is 5.35. The number of anilines is 1. The van der Waals surface area contributed by atoms with Crippen LogP contribution in [0.1, 0.15) is 54.4 Å². The number of hydrogen-bond donors (Lipinski definition) is 1. The Morgan fingerprint density at radius 1 is 1.06 bits per heavy atom. The molecule has 2 aliphatic rings. The summed E-state index contributed by atoms with van der Waals surface area (Å²) in [7, 11) is 1.64. The molecule has 36 heavy (non-hydrogen) atoms. The Morgan fingerprint density at radius 3 is 2.58 bits per heavy atom. The van der Waals surface area contributed by atoms with Gasteiger partial charge in [-0.2, -0.15) is 5.10 Å². The van der Waals surface area contributed by atoms with E-state index < -0.39 is 0 Å². The summed E-state index contributed by atoms with van der Waals surface area (Å²) in [6, 6.07) is 17.2. The number of amides is 2. The number of fused-ring (bicyclic) bond motifs is 1. The van der Waals surface area contributed by atoms with Gasteiger partial charge < -0.3 is 10.1 Å². The topological polar surface area (TPSA) is 76.5 Å². The smallest absolute Gasteiger partial charge is 0.251 e. The van der Waals surface area contributed by atoms with Crippen LogP contribution in [0.25, 0.3) is 11.3 Å². The number of aromatic nitrogens is 2. The largest absolute Gasteiger partial charge is 0.497 e. The molecule has 1 aliphatic carbocycles. The molecule has 0 fully saturated rings. The van der Waals surface area contributed by atoms with Gasteiger partial charge in [-0.3, -0.25) is 14.5 Å². The Kier molecular flexibility index (Phi) is 7.16. The van der Waals surface area contributed by atoms with Gasteiger partial charge in [0.1, 0.15) is 11.6 Å². The molecule has 0 spiro atoms. The number of aryl methyl sites for hydroxylation is 1. The fourth-order valence-corrected chi connectivity index (χ4v) is 4.84. The monoisotopic (exact) mass is 484 g/mol. The zero-order valence-electron chi connectivity index (χ0n) is 20.7. The number of rotatable bonds is 8. The van der Waals surface area contributed by atoms with Crippen LogP contribution in [0.4, 0.5) is 5.82 Å². The predicted molar refractivity (Wildman–Crippen MR) is 140 cm³/mol. The quantitative estimate of drug-likeness (QED) is 0.451. The Balaban J connectivity index is 1.24. The van der Waals surface area contributed by atoms with Gasteiger partial charge in [-0.25, -0.2) is 4.68 Å². The van der Waals surface area contributed by atoms with Crippen molar-refractivity contribution in [1.29, 1.82) is 0 Å². The highest BCUT2D eigenvalue weighted by molar-refractivity contribution is 5.95. The second-order valence-electron chi connectivity index (χ2n) is 9.38. The van der Waals surface area contributed by atoms with E-state index in [-0.39, 0.29) is 11.8 Å². The molecule has 2 heterocycles. The summed E-state index contributed by atoms with van der Waals surface area (Å²) in [5, 5.41) is 7.76. The first-order chi connectivity index (χ1) is 17.6. The van der Waals surface area contributed by atoms with Crippen LogP contribution in [-0.4, -0.2) is 35.2 Å². The molecule has 1 aliphatic heterocycles. The fraction of sp³-hybridized carbons (Fsp3) is 0.345. The molecular weight excluding hydrogens is 452 g/mol. The number of benzene rings is 2. The van der Waals surface area contributed by atoms with Gasteiger partial charge in [-0.15, -0.1) is 0 Å². The van der Waals surface area contributed by atoms with Gasteiger partial charge in [0.05, 0.1) is 25.9 Å². The molecule has 0 bridgehead atoms. The van der Waals surface area contributed by atoms with Crippen LogP contribution >= 0.6 is 0 Å². The van der Waals surface area contributed by atoms with E-state index in [0.717, 1.165) is 47.7 Å². The lowest BCUT2D eigenvalue weighted by atomic mass is 9.97. The highest BCUT2D eigenvalue weighted by Crippen LogP contribution is 2.30. The van der Waals surface area contributed by atoms with Crippen molar-refractivity contribution in [1.82, 2.24) is 15.1 Å². The van der Waals surface area contributed by atoms with Gasteiger partial charge in [-0.1, -0.05) is 23.8 Å². The van der Waals surface area contributed by atoms with Crippen molar-refractivity contribution >= 4 is 17.6 Å². The van der Waals surface area contributed by atoms with Crippen LogP contribution in [0, 0.1) is 0 Å². The Hall–Kier alpha value is -3.87. The van der Waals surface area contributed by atoms with Gasteiger partial charge in [0.2, 0.25) is 5.91 Å². The average molecular weight is 485 g/mol. The summed E-state index contributed by atoms with van der Waals surface area (Å²) in [5.74, 6) is 1.59. The van der Waals surface area contributed by atoms with Crippen molar-refractivity contribution in [2.45, 2.75) is 51.6 Å². The van der Waals surface area contributed by atoms with E-state index in [1.807, 2.05) is 59.3 Å². The number of allylic oxidation sites excluding steroid dienone is 1. The summed E-state index contributed by atoms with van der Waals surface area (Å²) in [4.78, 5) is 27.2. The second kappa shape index (κ2) is 10.8. The summed E-state index contributed by atoms with van der Waals surface area (Å²) in [5.41, 5.74) is 4.85. The number of ether oxygens (including phenoxy) is 1. The van der Waals surface area contributed by atoms with E-state index in [4.69, 9.17) is 9.84 Å². The van der Waals surface area contributed by atoms with E-state index in [2.05, 4.69) is 11.4 Å². The van der Waals surface area contributed by atoms with Crippen LogP contribution in [0.5, 0.6) is 5.75 Å². The first-order valence-electron chi connectivity index (χ1n) is 12.7. The third-order valence-electron chi connectivity index (χ3n) is 6.93. The van der Waals surface area contributed by atoms with Crippen molar-refractivity contribution in [3.8, 4) is 17.0 Å². The van der Waals surface area contributed by atoms with Gasteiger partial charge in [0.25, 0.3) is 5.91 Å². The van der Waals surface area contributed by atoms with E-state index in [0.29, 0.717) is 31.6 Å². The summed E-state index contributed by atoms with van der Waals surface area (Å²) < 4.78 is 7.14. The van der Waals surface area contributed by atoms with Crippen LogP contribution in [0.3, 0.4) is 0 Å². The van der Waals surface area contributed by atoms with Gasteiger partial charge >= 0.3 is 0 Å².